The number of allylic oxidation sites excluding steroid dienone is 3. The van der Waals surface area contributed by atoms with Crippen molar-refractivity contribution in [1.82, 2.24) is 0 Å². The second-order valence-corrected chi connectivity index (χ2v) is 12.7. The normalized spacial score (nSPS) is 18.3. The number of para-hydroxylation sites is 1. The lowest BCUT2D eigenvalue weighted by atomic mass is 9.68. The number of nitriles is 1. The molecule has 0 fully saturated rings. The Bertz CT molecular complexity index is 1690. The maximum atomic E-state index is 14.1. The molecule has 5 nitrogen and oxygen atoms in total. The van der Waals surface area contributed by atoms with Gasteiger partial charge in [-0.05, 0) is 94.2 Å². The van der Waals surface area contributed by atoms with Crippen molar-refractivity contribution >= 4 is 39.0 Å². The molecule has 5 rings (SSSR count). The summed E-state index contributed by atoms with van der Waals surface area (Å²) in [6, 6.07) is 18.3. The van der Waals surface area contributed by atoms with Gasteiger partial charge >= 0.3 is 0 Å². The molecule has 0 amide bonds. The fourth-order valence-corrected chi connectivity index (χ4v) is 6.41. The van der Waals surface area contributed by atoms with E-state index >= 15 is 0 Å². The SMILES string of the molecule is Cc1cc(C)c(C2C(C#N)=C(N)N(c3ccc(F)c(Cl)c3)C3=C2C(=O)CC(C)(C)C3)cc1COc1ccccc1Br. The van der Waals surface area contributed by atoms with Crippen LogP contribution in [0.1, 0.15) is 54.9 Å². The molecule has 0 saturated heterocycles. The molecule has 1 heterocycles. The number of nitrogens with zero attached hydrogens (tertiary/aromatic N) is 2. The topological polar surface area (TPSA) is 79.4 Å². The zero-order valence-corrected chi connectivity index (χ0v) is 25.7. The Labute approximate surface area is 253 Å². The molecule has 3 aromatic rings. The molecule has 1 unspecified atom stereocenters. The van der Waals surface area contributed by atoms with Crippen molar-refractivity contribution in [3.05, 3.63) is 115 Å². The molecule has 210 valence electrons. The van der Waals surface area contributed by atoms with E-state index in [-0.39, 0.29) is 27.6 Å². The summed E-state index contributed by atoms with van der Waals surface area (Å²) in [6.45, 7) is 8.38. The van der Waals surface area contributed by atoms with Crippen molar-refractivity contribution in [2.75, 3.05) is 4.90 Å². The quantitative estimate of drug-likeness (QED) is 0.305. The van der Waals surface area contributed by atoms with Crippen molar-refractivity contribution < 1.29 is 13.9 Å². The first-order valence-electron chi connectivity index (χ1n) is 13.3. The largest absolute Gasteiger partial charge is 0.488 e. The highest BCUT2D eigenvalue weighted by Gasteiger charge is 2.45. The number of Topliss-reactive ketones (excluding diaryl/α,β-unsaturated/α-hetero) is 1. The molecule has 0 saturated carbocycles. The molecule has 1 atom stereocenters. The lowest BCUT2D eigenvalue weighted by Gasteiger charge is -2.44. The summed E-state index contributed by atoms with van der Waals surface area (Å²) in [5.41, 5.74) is 12.2. The van der Waals surface area contributed by atoms with Crippen LogP contribution in [-0.2, 0) is 11.4 Å². The van der Waals surface area contributed by atoms with Gasteiger partial charge < -0.3 is 10.5 Å². The summed E-state index contributed by atoms with van der Waals surface area (Å²) < 4.78 is 21.1. The van der Waals surface area contributed by atoms with E-state index in [4.69, 9.17) is 22.1 Å². The zero-order valence-electron chi connectivity index (χ0n) is 23.3. The van der Waals surface area contributed by atoms with E-state index in [2.05, 4.69) is 28.1 Å². The number of halogens is 3. The Morgan fingerprint density at radius 1 is 1.15 bits per heavy atom. The highest BCUT2D eigenvalue weighted by molar-refractivity contribution is 9.10. The predicted octanol–water partition coefficient (Wildman–Crippen LogP) is 8.38. The van der Waals surface area contributed by atoms with Crippen LogP contribution in [0.2, 0.25) is 5.02 Å². The smallest absolute Gasteiger partial charge is 0.162 e. The molecule has 0 spiro atoms. The molecule has 0 radical (unpaired) electrons. The van der Waals surface area contributed by atoms with Gasteiger partial charge in [0.05, 0.1) is 27.1 Å². The first-order chi connectivity index (χ1) is 19.4. The van der Waals surface area contributed by atoms with E-state index in [0.29, 0.717) is 36.4 Å². The van der Waals surface area contributed by atoms with E-state index in [1.807, 2.05) is 58.0 Å². The minimum atomic E-state index is -0.645. The monoisotopic (exact) mass is 633 g/mol. The molecule has 2 aliphatic rings. The van der Waals surface area contributed by atoms with E-state index in [9.17, 15) is 14.4 Å². The van der Waals surface area contributed by atoms with Crippen LogP contribution in [0.3, 0.4) is 0 Å². The lowest BCUT2D eigenvalue weighted by Crippen LogP contribution is -2.42. The standard InChI is InChI=1S/C33H30BrClFN3O2/c1-18-11-19(2)22(12-20(18)17-41-29-8-6-5-7-24(29)34)30-23(16-37)32(38)39(21-9-10-26(36)25(35)13-21)27-14-33(3,4)15-28(40)31(27)30/h5-13,30H,14-15,17,38H2,1-4H3. The fraction of sp³-hybridized carbons (Fsp3) is 0.273. The number of carbonyl (C=O) groups is 1. The molecule has 8 heteroatoms. The van der Waals surface area contributed by atoms with Crippen LogP contribution in [-0.4, -0.2) is 5.78 Å². The Morgan fingerprint density at radius 3 is 2.56 bits per heavy atom. The average Bonchev–Trinajstić information content (AvgIpc) is 2.90. The summed E-state index contributed by atoms with van der Waals surface area (Å²) >= 11 is 9.68. The van der Waals surface area contributed by atoms with Crippen LogP contribution in [0.5, 0.6) is 5.75 Å². The summed E-state index contributed by atoms with van der Waals surface area (Å²) in [4.78, 5) is 15.6. The minimum Gasteiger partial charge on any atom is -0.488 e. The predicted molar refractivity (Wildman–Crippen MR) is 163 cm³/mol. The number of hydrogen-bond donors (Lipinski definition) is 1. The zero-order chi connectivity index (χ0) is 29.6. The maximum Gasteiger partial charge on any atom is 0.162 e. The highest BCUT2D eigenvalue weighted by Crippen LogP contribution is 2.51. The van der Waals surface area contributed by atoms with Gasteiger partial charge in [0.2, 0.25) is 0 Å². The van der Waals surface area contributed by atoms with E-state index in [1.165, 1.54) is 12.1 Å². The Hall–Kier alpha value is -3.60. The summed E-state index contributed by atoms with van der Waals surface area (Å²) in [5, 5.41) is 10.4. The number of carbonyl (C=O) groups excluding carboxylic acids is 1. The Morgan fingerprint density at radius 2 is 1.88 bits per heavy atom. The van der Waals surface area contributed by atoms with Crippen molar-refractivity contribution in [2.45, 2.75) is 53.1 Å². The van der Waals surface area contributed by atoms with Crippen molar-refractivity contribution in [3.8, 4) is 11.8 Å². The van der Waals surface area contributed by atoms with Crippen LogP contribution in [0.25, 0.3) is 0 Å². The second kappa shape index (κ2) is 11.0. The minimum absolute atomic E-state index is 0.0364. The van der Waals surface area contributed by atoms with E-state index < -0.39 is 11.7 Å². The van der Waals surface area contributed by atoms with Crippen LogP contribution in [0, 0.1) is 36.4 Å². The molecule has 1 aliphatic heterocycles. The number of ketones is 1. The third kappa shape index (κ3) is 5.39. The molecule has 2 N–H and O–H groups in total. The van der Waals surface area contributed by atoms with Crippen molar-refractivity contribution in [3.63, 3.8) is 0 Å². The number of nitrogens with two attached hydrogens (primary N) is 1. The van der Waals surface area contributed by atoms with Gasteiger partial charge in [0.15, 0.2) is 5.78 Å². The van der Waals surface area contributed by atoms with E-state index in [0.717, 1.165) is 32.5 Å². The van der Waals surface area contributed by atoms with Gasteiger partial charge in [-0.15, -0.1) is 0 Å². The molecule has 0 bridgehead atoms. The van der Waals surface area contributed by atoms with Gasteiger partial charge in [0.1, 0.15) is 24.0 Å². The molecular formula is C33H30BrClFN3O2. The molecule has 3 aromatic carbocycles. The number of rotatable bonds is 5. The number of anilines is 1. The van der Waals surface area contributed by atoms with Crippen molar-refractivity contribution in [1.29, 1.82) is 5.26 Å². The number of hydrogen-bond acceptors (Lipinski definition) is 5. The Kier molecular flexibility index (Phi) is 7.76. The first-order valence-corrected chi connectivity index (χ1v) is 14.5. The fourth-order valence-electron chi connectivity index (χ4n) is 5.84. The van der Waals surface area contributed by atoms with Crippen molar-refractivity contribution in [2.24, 2.45) is 11.1 Å². The van der Waals surface area contributed by atoms with Gasteiger partial charge in [-0.2, -0.15) is 5.26 Å². The van der Waals surface area contributed by atoms with Gasteiger partial charge in [0.25, 0.3) is 0 Å². The Balaban J connectivity index is 1.68. The summed E-state index contributed by atoms with van der Waals surface area (Å²) in [6.07, 6.45) is 0.879. The summed E-state index contributed by atoms with van der Waals surface area (Å²) in [5.74, 6) is -0.318. The maximum absolute atomic E-state index is 14.1. The average molecular weight is 635 g/mol. The third-order valence-corrected chi connectivity index (χ3v) is 8.74. The molecule has 0 aromatic heterocycles. The number of aryl methyl sites for hydroxylation is 2. The number of benzene rings is 3. The van der Waals surface area contributed by atoms with Crippen LogP contribution in [0.4, 0.5) is 10.1 Å². The van der Waals surface area contributed by atoms with E-state index in [1.54, 1.807) is 11.0 Å². The first kappa shape index (κ1) is 28.9. The van der Waals surface area contributed by atoms with Gasteiger partial charge in [-0.3, -0.25) is 9.69 Å². The number of ether oxygens (including phenoxy) is 1. The van der Waals surface area contributed by atoms with Gasteiger partial charge in [-0.25, -0.2) is 4.39 Å². The molecule has 1 aliphatic carbocycles. The van der Waals surface area contributed by atoms with Gasteiger partial charge in [0, 0.05) is 23.4 Å². The molecular weight excluding hydrogens is 605 g/mol. The van der Waals surface area contributed by atoms with Crippen LogP contribution in [0.15, 0.2) is 81.7 Å². The second-order valence-electron chi connectivity index (χ2n) is 11.4. The lowest BCUT2D eigenvalue weighted by molar-refractivity contribution is -0.118. The molecule has 41 heavy (non-hydrogen) atoms. The van der Waals surface area contributed by atoms with Gasteiger partial charge in [-0.1, -0.05) is 49.7 Å². The third-order valence-electron chi connectivity index (χ3n) is 7.80. The van der Waals surface area contributed by atoms with Crippen LogP contribution < -0.4 is 15.4 Å². The van der Waals surface area contributed by atoms with Crippen LogP contribution >= 0.6 is 27.5 Å². The highest BCUT2D eigenvalue weighted by atomic mass is 79.9. The summed E-state index contributed by atoms with van der Waals surface area (Å²) in [7, 11) is 0.